The van der Waals surface area contributed by atoms with Crippen LogP contribution in [0.4, 0.5) is 0 Å². The molecule has 110 valence electrons. The third-order valence-electron chi connectivity index (χ3n) is 3.52. The van der Waals surface area contributed by atoms with Crippen LogP contribution in [-0.4, -0.2) is 27.2 Å². The van der Waals surface area contributed by atoms with Gasteiger partial charge in [-0.25, -0.2) is 0 Å². The molecular weight excluding hydrogens is 272 g/mol. The second kappa shape index (κ2) is 6.35. The predicted molar refractivity (Wildman–Crippen MR) is 81.0 cm³/mol. The largest absolute Gasteiger partial charge is 0.351 e. The lowest BCUT2D eigenvalue weighted by Gasteiger charge is -2.09. The lowest BCUT2D eigenvalue weighted by atomic mass is 10.2. The fourth-order valence-electron chi connectivity index (χ4n) is 2.19. The molecule has 1 saturated carbocycles. The molecule has 1 aromatic rings. The lowest BCUT2D eigenvalue weighted by Crippen LogP contribution is -2.26. The molecule has 0 unspecified atom stereocenters. The van der Waals surface area contributed by atoms with E-state index < -0.39 is 0 Å². The molecule has 2 rings (SSSR count). The molecule has 2 N–H and O–H groups in total. The van der Waals surface area contributed by atoms with E-state index in [1.54, 1.807) is 6.08 Å². The minimum atomic E-state index is -0.0180. The molecule has 1 aromatic heterocycles. The minimum Gasteiger partial charge on any atom is -0.351 e. The number of hydrogen-bond acceptors (Lipinski definition) is 3. The van der Waals surface area contributed by atoms with Gasteiger partial charge >= 0.3 is 0 Å². The zero-order valence-corrected chi connectivity index (χ0v) is 13.1. The van der Waals surface area contributed by atoms with Crippen LogP contribution >= 0.6 is 12.2 Å². The number of carbonyl (C=O) groups is 1. The van der Waals surface area contributed by atoms with Gasteiger partial charge in [0.15, 0.2) is 4.77 Å². The number of nitrogens with zero attached hydrogens (tertiary/aromatic N) is 2. The number of aromatic amines is 1. The number of nitrogens with one attached hydrogen (secondary N) is 2. The SMILES string of the molecule is C/C(=C/C(=O)NCCn1c(C(C)C)n[nH]c1=S)C1CC1. The van der Waals surface area contributed by atoms with E-state index in [0.29, 0.717) is 29.7 Å². The van der Waals surface area contributed by atoms with Gasteiger partial charge in [-0.1, -0.05) is 19.4 Å². The third-order valence-corrected chi connectivity index (χ3v) is 3.83. The van der Waals surface area contributed by atoms with Crippen molar-refractivity contribution >= 4 is 18.1 Å². The second-order valence-corrected chi connectivity index (χ2v) is 6.03. The Balaban J connectivity index is 1.87. The summed E-state index contributed by atoms with van der Waals surface area (Å²) in [6.07, 6.45) is 4.16. The van der Waals surface area contributed by atoms with Crippen LogP contribution in [0.2, 0.25) is 0 Å². The van der Waals surface area contributed by atoms with E-state index in [1.165, 1.54) is 18.4 Å². The Bertz CT molecular complexity index is 566. The molecule has 1 aliphatic carbocycles. The highest BCUT2D eigenvalue weighted by molar-refractivity contribution is 7.71. The maximum Gasteiger partial charge on any atom is 0.243 e. The predicted octanol–water partition coefficient (Wildman–Crippen LogP) is 2.54. The molecule has 1 heterocycles. The van der Waals surface area contributed by atoms with Crippen LogP contribution in [0, 0.1) is 10.7 Å². The molecule has 0 radical (unpaired) electrons. The van der Waals surface area contributed by atoms with Crippen molar-refractivity contribution in [3.63, 3.8) is 0 Å². The minimum absolute atomic E-state index is 0.0180. The Morgan fingerprint density at radius 2 is 2.30 bits per heavy atom. The van der Waals surface area contributed by atoms with Gasteiger partial charge in [-0.15, -0.1) is 0 Å². The molecule has 6 heteroatoms. The zero-order valence-electron chi connectivity index (χ0n) is 12.3. The van der Waals surface area contributed by atoms with Gasteiger partial charge in [0.25, 0.3) is 0 Å². The summed E-state index contributed by atoms with van der Waals surface area (Å²) in [6, 6.07) is 0. The van der Waals surface area contributed by atoms with Crippen molar-refractivity contribution in [2.75, 3.05) is 6.54 Å². The molecule has 5 nitrogen and oxygen atoms in total. The van der Waals surface area contributed by atoms with E-state index in [-0.39, 0.29) is 5.91 Å². The third kappa shape index (κ3) is 3.79. The first-order valence-electron chi connectivity index (χ1n) is 7.10. The van der Waals surface area contributed by atoms with E-state index in [2.05, 4.69) is 29.4 Å². The summed E-state index contributed by atoms with van der Waals surface area (Å²) in [4.78, 5) is 11.8. The van der Waals surface area contributed by atoms with E-state index in [9.17, 15) is 4.79 Å². The molecule has 0 saturated heterocycles. The number of aromatic nitrogens is 3. The van der Waals surface area contributed by atoms with Gasteiger partial charge in [-0.3, -0.25) is 9.89 Å². The Kier molecular flexibility index (Phi) is 4.75. The van der Waals surface area contributed by atoms with Crippen molar-refractivity contribution in [1.82, 2.24) is 20.1 Å². The van der Waals surface area contributed by atoms with Crippen LogP contribution in [0.15, 0.2) is 11.6 Å². The molecule has 1 fully saturated rings. The van der Waals surface area contributed by atoms with Crippen molar-refractivity contribution in [2.45, 2.75) is 46.1 Å². The molecule has 0 spiro atoms. The number of amides is 1. The highest BCUT2D eigenvalue weighted by atomic mass is 32.1. The van der Waals surface area contributed by atoms with Gasteiger partial charge in [0.05, 0.1) is 0 Å². The molecule has 1 aliphatic rings. The molecule has 1 amide bonds. The average molecular weight is 294 g/mol. The summed E-state index contributed by atoms with van der Waals surface area (Å²) in [5.74, 6) is 1.84. The van der Waals surface area contributed by atoms with Crippen molar-refractivity contribution in [3.05, 3.63) is 22.2 Å². The fraction of sp³-hybridized carbons (Fsp3) is 0.643. The van der Waals surface area contributed by atoms with E-state index in [1.807, 2.05) is 11.5 Å². The summed E-state index contributed by atoms with van der Waals surface area (Å²) >= 11 is 5.20. The van der Waals surface area contributed by atoms with Crippen LogP contribution in [0.1, 0.15) is 45.4 Å². The maximum absolute atomic E-state index is 11.8. The number of rotatable bonds is 6. The van der Waals surface area contributed by atoms with Crippen LogP contribution in [-0.2, 0) is 11.3 Å². The second-order valence-electron chi connectivity index (χ2n) is 5.65. The van der Waals surface area contributed by atoms with Gasteiger partial charge in [-0.05, 0) is 37.9 Å². The molecule has 0 atom stereocenters. The molecule has 0 bridgehead atoms. The van der Waals surface area contributed by atoms with Gasteiger partial charge in [0.1, 0.15) is 5.82 Å². The molecule has 0 aliphatic heterocycles. The van der Waals surface area contributed by atoms with Crippen molar-refractivity contribution in [2.24, 2.45) is 5.92 Å². The van der Waals surface area contributed by atoms with E-state index >= 15 is 0 Å². The summed E-state index contributed by atoms with van der Waals surface area (Å²) in [5, 5.41) is 9.92. The van der Waals surface area contributed by atoms with Crippen LogP contribution < -0.4 is 5.32 Å². The van der Waals surface area contributed by atoms with Crippen LogP contribution in [0.25, 0.3) is 0 Å². The monoisotopic (exact) mass is 294 g/mol. The van der Waals surface area contributed by atoms with Crippen molar-refractivity contribution in [3.8, 4) is 0 Å². The van der Waals surface area contributed by atoms with Crippen molar-refractivity contribution < 1.29 is 4.79 Å². The molecule has 20 heavy (non-hydrogen) atoms. The maximum atomic E-state index is 11.8. The summed E-state index contributed by atoms with van der Waals surface area (Å²) in [5.41, 5.74) is 1.19. The van der Waals surface area contributed by atoms with Crippen molar-refractivity contribution in [1.29, 1.82) is 0 Å². The van der Waals surface area contributed by atoms with E-state index in [0.717, 1.165) is 5.82 Å². The zero-order chi connectivity index (χ0) is 14.7. The lowest BCUT2D eigenvalue weighted by molar-refractivity contribution is -0.116. The van der Waals surface area contributed by atoms with Gasteiger partial charge < -0.3 is 9.88 Å². The normalized spacial score (nSPS) is 15.7. The molecular formula is C14H22N4OS. The first-order chi connectivity index (χ1) is 9.49. The number of H-pyrrole nitrogens is 1. The van der Waals surface area contributed by atoms with Gasteiger partial charge in [-0.2, -0.15) is 5.10 Å². The topological polar surface area (TPSA) is 62.7 Å². The highest BCUT2D eigenvalue weighted by Gasteiger charge is 2.23. The number of allylic oxidation sites excluding steroid dienone is 1. The Hall–Kier alpha value is -1.43. The standard InChI is InChI=1S/C14H22N4OS/c1-9(2)13-16-17-14(20)18(13)7-6-15-12(19)8-10(3)11-4-5-11/h8-9,11H,4-7H2,1-3H3,(H,15,19)(H,17,20)/b10-8-. The fourth-order valence-corrected chi connectivity index (χ4v) is 2.42. The summed E-state index contributed by atoms with van der Waals surface area (Å²) < 4.78 is 2.55. The molecule has 0 aromatic carbocycles. The van der Waals surface area contributed by atoms with E-state index in [4.69, 9.17) is 12.2 Å². The summed E-state index contributed by atoms with van der Waals surface area (Å²) in [7, 11) is 0. The van der Waals surface area contributed by atoms with Gasteiger partial charge in [0.2, 0.25) is 5.91 Å². The Labute approximate surface area is 124 Å². The van der Waals surface area contributed by atoms with Gasteiger partial charge in [0, 0.05) is 25.1 Å². The van der Waals surface area contributed by atoms with Crippen LogP contribution in [0.3, 0.4) is 0 Å². The Morgan fingerprint density at radius 1 is 1.60 bits per heavy atom. The highest BCUT2D eigenvalue weighted by Crippen LogP contribution is 2.35. The number of hydrogen-bond donors (Lipinski definition) is 2. The van der Waals surface area contributed by atoms with Crippen LogP contribution in [0.5, 0.6) is 0 Å². The average Bonchev–Trinajstić information content (AvgIpc) is 3.15. The quantitative estimate of drug-likeness (QED) is 0.626. The number of carbonyl (C=O) groups excluding carboxylic acids is 1. The smallest absolute Gasteiger partial charge is 0.243 e. The Morgan fingerprint density at radius 3 is 2.90 bits per heavy atom. The first-order valence-corrected chi connectivity index (χ1v) is 7.51. The summed E-state index contributed by atoms with van der Waals surface area (Å²) in [6.45, 7) is 7.37. The first kappa shape index (κ1) is 15.0.